The number of nitrogens with one attached hydrogen (secondary N) is 1. The maximum atomic E-state index is 14.4. The van der Waals surface area contributed by atoms with Crippen molar-refractivity contribution < 1.29 is 4.39 Å². The van der Waals surface area contributed by atoms with E-state index >= 15 is 0 Å². The summed E-state index contributed by atoms with van der Waals surface area (Å²) in [7, 11) is 1.79. The second-order valence-corrected chi connectivity index (χ2v) is 4.50. The van der Waals surface area contributed by atoms with Gasteiger partial charge in [0, 0.05) is 31.4 Å². The van der Waals surface area contributed by atoms with E-state index in [0.717, 1.165) is 12.4 Å². The van der Waals surface area contributed by atoms with Crippen LogP contribution in [0.4, 0.5) is 10.2 Å². The largest absolute Gasteiger partial charge is 0.345 e. The lowest BCUT2D eigenvalue weighted by atomic mass is 10.2. The maximum Gasteiger partial charge on any atom is 0.170 e. The van der Waals surface area contributed by atoms with E-state index in [2.05, 4.69) is 20.5 Å². The Kier molecular flexibility index (Phi) is 3.12. The molecular formula is C12H15FN6. The van der Waals surface area contributed by atoms with Crippen molar-refractivity contribution in [3.05, 3.63) is 35.8 Å². The van der Waals surface area contributed by atoms with Crippen molar-refractivity contribution in [2.24, 2.45) is 0 Å². The Hall–Kier alpha value is -2.02. The monoisotopic (exact) mass is 262 g/mol. The van der Waals surface area contributed by atoms with E-state index in [9.17, 15) is 4.39 Å². The third-order valence-corrected chi connectivity index (χ3v) is 3.26. The minimum atomic E-state index is -0.259. The van der Waals surface area contributed by atoms with Crippen LogP contribution < -0.4 is 10.2 Å². The number of fused-ring (bicyclic) bond motifs is 1. The van der Waals surface area contributed by atoms with Gasteiger partial charge in [-0.1, -0.05) is 0 Å². The molecule has 0 aliphatic carbocycles. The molecule has 19 heavy (non-hydrogen) atoms. The Bertz CT molecular complexity index is 581. The first-order chi connectivity index (χ1) is 9.29. The molecule has 0 saturated heterocycles. The van der Waals surface area contributed by atoms with Crippen LogP contribution in [-0.4, -0.2) is 33.3 Å². The molecule has 0 unspecified atom stereocenters. The highest BCUT2D eigenvalue weighted by Crippen LogP contribution is 2.22. The smallest absolute Gasteiger partial charge is 0.170 e. The number of anilines is 1. The summed E-state index contributed by atoms with van der Waals surface area (Å²) >= 11 is 0. The fourth-order valence-corrected chi connectivity index (χ4v) is 2.27. The summed E-state index contributed by atoms with van der Waals surface area (Å²) in [6, 6.07) is 1.70. The first kappa shape index (κ1) is 12.0. The molecule has 2 aromatic heterocycles. The van der Waals surface area contributed by atoms with E-state index < -0.39 is 0 Å². The summed E-state index contributed by atoms with van der Waals surface area (Å²) < 4.78 is 16.3. The quantitative estimate of drug-likeness (QED) is 0.875. The lowest BCUT2D eigenvalue weighted by molar-refractivity contribution is 0.532. The molecule has 2 aromatic rings. The van der Waals surface area contributed by atoms with E-state index in [1.165, 1.54) is 0 Å². The molecule has 0 atom stereocenters. The van der Waals surface area contributed by atoms with Crippen molar-refractivity contribution in [2.75, 3.05) is 18.5 Å². The van der Waals surface area contributed by atoms with Crippen LogP contribution >= 0.6 is 0 Å². The predicted molar refractivity (Wildman–Crippen MR) is 68.0 cm³/mol. The minimum Gasteiger partial charge on any atom is -0.345 e. The Morgan fingerprint density at radius 2 is 2.32 bits per heavy atom. The maximum absolute atomic E-state index is 14.4. The van der Waals surface area contributed by atoms with Crippen LogP contribution in [0.5, 0.6) is 0 Å². The Labute approximate surface area is 110 Å². The van der Waals surface area contributed by atoms with Crippen LogP contribution in [-0.2, 0) is 19.6 Å². The summed E-state index contributed by atoms with van der Waals surface area (Å²) in [5.74, 6) is 0.971. The van der Waals surface area contributed by atoms with Crippen LogP contribution in [0.3, 0.4) is 0 Å². The molecule has 6 nitrogen and oxygen atoms in total. The van der Waals surface area contributed by atoms with E-state index in [1.807, 2.05) is 9.47 Å². The third-order valence-electron chi connectivity index (χ3n) is 3.26. The van der Waals surface area contributed by atoms with E-state index in [4.69, 9.17) is 0 Å². The van der Waals surface area contributed by atoms with Crippen molar-refractivity contribution in [3.63, 3.8) is 0 Å². The number of rotatable bonds is 3. The zero-order valence-electron chi connectivity index (χ0n) is 10.7. The van der Waals surface area contributed by atoms with Gasteiger partial charge in [0.1, 0.15) is 6.33 Å². The molecule has 0 aromatic carbocycles. The number of aromatic nitrogens is 4. The molecule has 1 N–H and O–H groups in total. The van der Waals surface area contributed by atoms with Gasteiger partial charge in [-0.25, -0.2) is 9.37 Å². The van der Waals surface area contributed by atoms with Gasteiger partial charge in [0.15, 0.2) is 17.5 Å². The van der Waals surface area contributed by atoms with Crippen LogP contribution in [0, 0.1) is 5.82 Å². The van der Waals surface area contributed by atoms with Crippen molar-refractivity contribution in [1.82, 2.24) is 25.1 Å². The minimum absolute atomic E-state index is 0.259. The highest BCUT2D eigenvalue weighted by Gasteiger charge is 2.22. The van der Waals surface area contributed by atoms with Crippen LogP contribution in [0.15, 0.2) is 18.6 Å². The number of nitrogens with zero attached hydrogens (tertiary/aromatic N) is 5. The summed E-state index contributed by atoms with van der Waals surface area (Å²) in [5.41, 5.74) is 0.625. The molecule has 0 fully saturated rings. The van der Waals surface area contributed by atoms with Gasteiger partial charge in [0.05, 0.1) is 6.54 Å². The number of halogens is 1. The van der Waals surface area contributed by atoms with E-state index in [0.29, 0.717) is 31.0 Å². The van der Waals surface area contributed by atoms with Gasteiger partial charge in [0.25, 0.3) is 0 Å². The molecule has 0 radical (unpaired) electrons. The third kappa shape index (κ3) is 2.17. The van der Waals surface area contributed by atoms with Crippen LogP contribution in [0.25, 0.3) is 0 Å². The molecule has 7 heteroatoms. The molecule has 0 bridgehead atoms. The van der Waals surface area contributed by atoms with Crippen molar-refractivity contribution in [1.29, 1.82) is 0 Å². The van der Waals surface area contributed by atoms with Crippen molar-refractivity contribution in [3.8, 4) is 0 Å². The number of hydrogen-bond donors (Lipinski definition) is 1. The first-order valence-electron chi connectivity index (χ1n) is 6.19. The molecule has 3 heterocycles. The summed E-state index contributed by atoms with van der Waals surface area (Å²) in [4.78, 5) is 6.07. The van der Waals surface area contributed by atoms with Crippen LogP contribution in [0.2, 0.25) is 0 Å². The first-order valence-corrected chi connectivity index (χ1v) is 6.19. The van der Waals surface area contributed by atoms with Gasteiger partial charge in [-0.3, -0.25) is 0 Å². The summed E-state index contributed by atoms with van der Waals surface area (Å²) in [6.07, 6.45) is 3.35. The zero-order valence-corrected chi connectivity index (χ0v) is 10.7. The van der Waals surface area contributed by atoms with Crippen molar-refractivity contribution >= 4 is 5.82 Å². The number of hydrogen-bond acceptors (Lipinski definition) is 5. The zero-order chi connectivity index (χ0) is 13.2. The lowest BCUT2D eigenvalue weighted by Gasteiger charge is -2.28. The van der Waals surface area contributed by atoms with E-state index in [1.54, 1.807) is 25.6 Å². The molecule has 100 valence electrons. The molecule has 0 spiro atoms. The molecule has 3 rings (SSSR count). The summed E-state index contributed by atoms with van der Waals surface area (Å²) in [5, 5.41) is 10.8. The van der Waals surface area contributed by atoms with Crippen molar-refractivity contribution in [2.45, 2.75) is 19.6 Å². The van der Waals surface area contributed by atoms with Gasteiger partial charge in [0.2, 0.25) is 0 Å². The number of pyridine rings is 1. The highest BCUT2D eigenvalue weighted by molar-refractivity contribution is 5.43. The standard InChI is InChI=1S/C12H15FN6/c1-14-6-9-2-3-15-12(11(9)13)18-4-5-19-8-16-17-10(19)7-18/h2-3,8,14H,4-7H2,1H3. The average molecular weight is 262 g/mol. The molecule has 1 aliphatic heterocycles. The van der Waals surface area contributed by atoms with Gasteiger partial charge >= 0.3 is 0 Å². The SMILES string of the molecule is CNCc1ccnc(N2CCn3cnnc3C2)c1F. The summed E-state index contributed by atoms with van der Waals surface area (Å²) in [6.45, 7) is 2.48. The van der Waals surface area contributed by atoms with Gasteiger partial charge in [-0.15, -0.1) is 10.2 Å². The fourth-order valence-electron chi connectivity index (χ4n) is 2.27. The molecule has 0 amide bonds. The molecular weight excluding hydrogens is 247 g/mol. The molecule has 1 aliphatic rings. The topological polar surface area (TPSA) is 58.9 Å². The normalized spacial score (nSPS) is 14.5. The second-order valence-electron chi connectivity index (χ2n) is 4.50. The average Bonchev–Trinajstić information content (AvgIpc) is 2.88. The highest BCUT2D eigenvalue weighted by atomic mass is 19.1. The lowest BCUT2D eigenvalue weighted by Crippen LogP contribution is -2.35. The van der Waals surface area contributed by atoms with Gasteiger partial charge in [-0.05, 0) is 13.1 Å². The van der Waals surface area contributed by atoms with Gasteiger partial charge in [-0.2, -0.15) is 0 Å². The Morgan fingerprint density at radius 3 is 3.16 bits per heavy atom. The second kappa shape index (κ2) is 4.93. The van der Waals surface area contributed by atoms with Gasteiger partial charge < -0.3 is 14.8 Å². The fraction of sp³-hybridized carbons (Fsp3) is 0.417. The predicted octanol–water partition coefficient (Wildman–Crippen LogP) is 0.552. The van der Waals surface area contributed by atoms with Crippen LogP contribution in [0.1, 0.15) is 11.4 Å². The Balaban J connectivity index is 1.89. The Morgan fingerprint density at radius 1 is 1.42 bits per heavy atom. The molecule has 0 saturated carbocycles. The van der Waals surface area contributed by atoms with E-state index in [-0.39, 0.29) is 5.82 Å².